The normalized spacial score (nSPS) is 10.8. The number of carbonyl (C=O) groups excluding carboxylic acids is 1. The number of aromatic nitrogens is 1. The summed E-state index contributed by atoms with van der Waals surface area (Å²) in [6.45, 7) is 2.48. The Hall–Kier alpha value is -3.12. The lowest BCUT2D eigenvalue weighted by Gasteiger charge is -2.09. The van der Waals surface area contributed by atoms with E-state index in [1.807, 2.05) is 55.5 Å². The first-order chi connectivity index (χ1) is 13.6. The molecule has 1 N–H and O–H groups in total. The highest BCUT2D eigenvalue weighted by Crippen LogP contribution is 2.28. The summed E-state index contributed by atoms with van der Waals surface area (Å²) in [6.07, 6.45) is 0. The fraction of sp³-hybridized carbons (Fsp3) is 0.0909. The number of para-hydroxylation sites is 2. The molecule has 4 rings (SSSR count). The topological polar surface area (TPSA) is 64.4 Å². The summed E-state index contributed by atoms with van der Waals surface area (Å²) in [5.41, 5.74) is 3.51. The van der Waals surface area contributed by atoms with Crippen molar-refractivity contribution in [1.82, 2.24) is 4.98 Å². The average molecular weight is 437 g/mol. The molecule has 0 aliphatic heterocycles. The summed E-state index contributed by atoms with van der Waals surface area (Å²) < 4.78 is 12.0. The van der Waals surface area contributed by atoms with Gasteiger partial charge in [0, 0.05) is 16.8 Å². The zero-order valence-corrected chi connectivity index (χ0v) is 16.7. The maximum Gasteiger partial charge on any atom is 0.255 e. The molecule has 4 aromatic rings. The predicted octanol–water partition coefficient (Wildman–Crippen LogP) is 5.91. The van der Waals surface area contributed by atoms with Gasteiger partial charge >= 0.3 is 0 Å². The van der Waals surface area contributed by atoms with E-state index in [0.717, 1.165) is 21.1 Å². The monoisotopic (exact) mass is 436 g/mol. The van der Waals surface area contributed by atoms with Crippen LogP contribution in [-0.4, -0.2) is 17.5 Å². The number of benzene rings is 3. The van der Waals surface area contributed by atoms with Crippen LogP contribution in [0.2, 0.25) is 0 Å². The summed E-state index contributed by atoms with van der Waals surface area (Å²) in [4.78, 5) is 17.1. The molecule has 0 saturated carbocycles. The van der Waals surface area contributed by atoms with E-state index >= 15 is 0 Å². The number of nitrogens with one attached hydrogen (secondary N) is 1. The van der Waals surface area contributed by atoms with Gasteiger partial charge in [-0.2, -0.15) is 0 Å². The van der Waals surface area contributed by atoms with Crippen LogP contribution in [0, 0.1) is 0 Å². The van der Waals surface area contributed by atoms with Gasteiger partial charge in [-0.25, -0.2) is 4.98 Å². The van der Waals surface area contributed by atoms with E-state index in [2.05, 4.69) is 26.2 Å². The van der Waals surface area contributed by atoms with E-state index in [1.54, 1.807) is 18.2 Å². The molecule has 0 spiro atoms. The van der Waals surface area contributed by atoms with Gasteiger partial charge in [-0.1, -0.05) is 18.2 Å². The van der Waals surface area contributed by atoms with Gasteiger partial charge in [0.2, 0.25) is 5.89 Å². The van der Waals surface area contributed by atoms with Gasteiger partial charge in [0.1, 0.15) is 11.3 Å². The Morgan fingerprint density at radius 1 is 1.11 bits per heavy atom. The molecule has 0 aliphatic rings. The van der Waals surface area contributed by atoms with Crippen LogP contribution < -0.4 is 10.1 Å². The van der Waals surface area contributed by atoms with E-state index in [9.17, 15) is 4.79 Å². The van der Waals surface area contributed by atoms with Gasteiger partial charge in [-0.15, -0.1) is 0 Å². The predicted molar refractivity (Wildman–Crippen MR) is 113 cm³/mol. The number of carbonyl (C=O) groups is 1. The minimum atomic E-state index is -0.210. The smallest absolute Gasteiger partial charge is 0.255 e. The number of amides is 1. The maximum absolute atomic E-state index is 12.6. The molecular weight excluding hydrogens is 420 g/mol. The van der Waals surface area contributed by atoms with Crippen LogP contribution in [0.4, 0.5) is 5.69 Å². The lowest BCUT2D eigenvalue weighted by Crippen LogP contribution is -2.12. The molecule has 0 bridgehead atoms. The molecule has 1 heterocycles. The molecule has 28 heavy (non-hydrogen) atoms. The van der Waals surface area contributed by atoms with Crippen molar-refractivity contribution in [2.24, 2.45) is 0 Å². The van der Waals surface area contributed by atoms with Crippen LogP contribution in [0.25, 0.3) is 22.6 Å². The number of ether oxygens (including phenoxy) is 1. The highest BCUT2D eigenvalue weighted by molar-refractivity contribution is 9.10. The Morgan fingerprint density at radius 2 is 1.96 bits per heavy atom. The minimum absolute atomic E-state index is 0.210. The lowest BCUT2D eigenvalue weighted by molar-refractivity contribution is 0.102. The number of hydrogen-bond donors (Lipinski definition) is 1. The molecule has 0 unspecified atom stereocenters. The van der Waals surface area contributed by atoms with E-state index in [4.69, 9.17) is 9.15 Å². The lowest BCUT2D eigenvalue weighted by atomic mass is 10.1. The molecule has 1 aromatic heterocycles. The highest BCUT2D eigenvalue weighted by Gasteiger charge is 2.12. The first-order valence-corrected chi connectivity index (χ1v) is 9.63. The van der Waals surface area contributed by atoms with Crippen molar-refractivity contribution in [1.29, 1.82) is 0 Å². The summed E-state index contributed by atoms with van der Waals surface area (Å²) in [7, 11) is 0. The van der Waals surface area contributed by atoms with Crippen molar-refractivity contribution in [3.63, 3.8) is 0 Å². The first kappa shape index (κ1) is 18.3. The number of nitrogens with zero attached hydrogens (tertiary/aromatic N) is 1. The zero-order chi connectivity index (χ0) is 19.5. The SMILES string of the molecule is CCOc1ccc(C(=O)Nc2cccc(-c3nc4ccccc4o3)c2)cc1Br. The van der Waals surface area contributed by atoms with E-state index < -0.39 is 0 Å². The maximum atomic E-state index is 12.6. The standard InChI is InChI=1S/C22H17BrN2O3/c1-2-27-19-11-10-14(13-17(19)23)21(26)24-16-7-5-6-15(12-16)22-25-18-8-3-4-9-20(18)28-22/h3-13H,2H2,1H3,(H,24,26). The molecule has 140 valence electrons. The van der Waals surface area contributed by atoms with Crippen LogP contribution in [0.3, 0.4) is 0 Å². The second-order valence-corrected chi connectivity index (χ2v) is 6.95. The Kier molecular flexibility index (Phi) is 5.12. The van der Waals surface area contributed by atoms with Crippen LogP contribution in [0.15, 0.2) is 75.6 Å². The summed E-state index contributed by atoms with van der Waals surface area (Å²) in [5.74, 6) is 1.01. The van der Waals surface area contributed by atoms with Crippen LogP contribution in [0.1, 0.15) is 17.3 Å². The fourth-order valence-electron chi connectivity index (χ4n) is 2.84. The quantitative estimate of drug-likeness (QED) is 0.422. The van der Waals surface area contributed by atoms with Crippen molar-refractivity contribution in [2.75, 3.05) is 11.9 Å². The first-order valence-electron chi connectivity index (χ1n) is 8.84. The van der Waals surface area contributed by atoms with Crippen LogP contribution >= 0.6 is 15.9 Å². The van der Waals surface area contributed by atoms with Crippen molar-refractivity contribution >= 4 is 38.6 Å². The van der Waals surface area contributed by atoms with Gasteiger partial charge in [-0.3, -0.25) is 4.79 Å². The Balaban J connectivity index is 1.56. The van der Waals surface area contributed by atoms with Crippen LogP contribution in [-0.2, 0) is 0 Å². The average Bonchev–Trinajstić information content (AvgIpc) is 3.14. The van der Waals surface area contributed by atoms with E-state index in [1.165, 1.54) is 0 Å². The second-order valence-electron chi connectivity index (χ2n) is 6.10. The second kappa shape index (κ2) is 7.86. The number of fused-ring (bicyclic) bond motifs is 1. The van der Waals surface area contributed by atoms with Crippen molar-refractivity contribution in [3.8, 4) is 17.2 Å². The number of anilines is 1. The van der Waals surface area contributed by atoms with Crippen LogP contribution in [0.5, 0.6) is 5.75 Å². The van der Waals surface area contributed by atoms with Gasteiger partial charge in [0.25, 0.3) is 5.91 Å². The van der Waals surface area contributed by atoms with Crippen molar-refractivity contribution in [3.05, 3.63) is 76.8 Å². The largest absolute Gasteiger partial charge is 0.493 e. The molecule has 0 saturated heterocycles. The third-order valence-electron chi connectivity index (χ3n) is 4.16. The van der Waals surface area contributed by atoms with Gasteiger partial charge in [-0.05, 0) is 71.4 Å². The number of halogens is 1. The third kappa shape index (κ3) is 3.77. The molecule has 1 amide bonds. The molecular formula is C22H17BrN2O3. The fourth-order valence-corrected chi connectivity index (χ4v) is 3.34. The number of hydrogen-bond acceptors (Lipinski definition) is 4. The molecule has 0 radical (unpaired) electrons. The minimum Gasteiger partial charge on any atom is -0.493 e. The summed E-state index contributed by atoms with van der Waals surface area (Å²) in [6, 6.07) is 20.3. The molecule has 6 heteroatoms. The van der Waals surface area contributed by atoms with E-state index in [-0.39, 0.29) is 5.91 Å². The number of rotatable bonds is 5. The molecule has 0 aliphatic carbocycles. The van der Waals surface area contributed by atoms with Gasteiger partial charge in [0.05, 0.1) is 11.1 Å². The Bertz CT molecular complexity index is 1120. The molecule has 3 aromatic carbocycles. The molecule has 0 atom stereocenters. The van der Waals surface area contributed by atoms with Gasteiger partial charge < -0.3 is 14.5 Å². The van der Waals surface area contributed by atoms with Crippen molar-refractivity contribution < 1.29 is 13.9 Å². The third-order valence-corrected chi connectivity index (χ3v) is 4.77. The highest BCUT2D eigenvalue weighted by atomic mass is 79.9. The molecule has 0 fully saturated rings. The zero-order valence-electron chi connectivity index (χ0n) is 15.1. The Labute approximate surface area is 170 Å². The van der Waals surface area contributed by atoms with E-state index in [0.29, 0.717) is 29.5 Å². The Morgan fingerprint density at radius 3 is 2.75 bits per heavy atom. The van der Waals surface area contributed by atoms with Crippen molar-refractivity contribution in [2.45, 2.75) is 6.92 Å². The number of oxazole rings is 1. The van der Waals surface area contributed by atoms with Gasteiger partial charge in [0.15, 0.2) is 5.58 Å². The molecule has 5 nitrogen and oxygen atoms in total. The summed E-state index contributed by atoms with van der Waals surface area (Å²) in [5, 5.41) is 2.91. The summed E-state index contributed by atoms with van der Waals surface area (Å²) >= 11 is 3.44.